The van der Waals surface area contributed by atoms with Crippen molar-refractivity contribution in [3.63, 3.8) is 0 Å². The van der Waals surface area contributed by atoms with Gasteiger partial charge < -0.3 is 15.5 Å². The van der Waals surface area contributed by atoms with E-state index in [1.165, 1.54) is 24.2 Å². The van der Waals surface area contributed by atoms with Crippen LogP contribution in [0.25, 0.3) is 0 Å². The lowest BCUT2D eigenvalue weighted by atomic mass is 10.1. The Labute approximate surface area is 146 Å². The maximum absolute atomic E-state index is 12.1. The molecule has 0 aromatic rings. The molecule has 0 spiro atoms. The summed E-state index contributed by atoms with van der Waals surface area (Å²) in [6.45, 7) is 1.08. The number of fused-ring (bicyclic) bond motifs is 1. The fraction of sp³-hybridized carbons (Fsp3) is 0.750. The molecule has 0 unspecified atom stereocenters. The molecule has 0 aromatic heterocycles. The zero-order valence-electron chi connectivity index (χ0n) is 13.8. The summed E-state index contributed by atoms with van der Waals surface area (Å²) in [5.41, 5.74) is 0. The van der Waals surface area contributed by atoms with Crippen LogP contribution < -0.4 is 10.6 Å². The van der Waals surface area contributed by atoms with Crippen molar-refractivity contribution < 1.29 is 14.4 Å². The second-order valence-electron chi connectivity index (χ2n) is 6.51. The molecule has 0 aromatic carbocycles. The molecule has 2 heterocycles. The van der Waals surface area contributed by atoms with Gasteiger partial charge in [-0.25, -0.2) is 0 Å². The Morgan fingerprint density at radius 1 is 1.25 bits per heavy atom. The number of amidine groups is 1. The van der Waals surface area contributed by atoms with Gasteiger partial charge in [0.05, 0.1) is 12.6 Å². The highest BCUT2D eigenvalue weighted by Crippen LogP contribution is 2.35. The molecule has 2 aliphatic heterocycles. The minimum absolute atomic E-state index is 0.0897. The summed E-state index contributed by atoms with van der Waals surface area (Å²) in [7, 11) is 0. The molecule has 3 rings (SSSR count). The Morgan fingerprint density at radius 2 is 2.08 bits per heavy atom. The molecule has 1 saturated carbocycles. The number of nitrogens with one attached hydrogen (secondary N) is 2. The average molecular weight is 352 g/mol. The van der Waals surface area contributed by atoms with Gasteiger partial charge in [-0.3, -0.25) is 19.4 Å². The predicted octanol–water partition coefficient (Wildman–Crippen LogP) is 0.645. The van der Waals surface area contributed by atoms with E-state index in [1.54, 1.807) is 11.8 Å². The summed E-state index contributed by atoms with van der Waals surface area (Å²) in [4.78, 5) is 41.6. The molecule has 0 radical (unpaired) electrons. The highest BCUT2D eigenvalue weighted by molar-refractivity contribution is 8.14. The van der Waals surface area contributed by atoms with Crippen LogP contribution in [0.2, 0.25) is 0 Å². The lowest BCUT2D eigenvalue weighted by Crippen LogP contribution is -2.50. The highest BCUT2D eigenvalue weighted by atomic mass is 32.2. The molecule has 3 aliphatic rings. The van der Waals surface area contributed by atoms with Crippen molar-refractivity contribution in [2.24, 2.45) is 4.99 Å². The zero-order chi connectivity index (χ0) is 16.9. The summed E-state index contributed by atoms with van der Waals surface area (Å²) >= 11 is 1.67. The number of carbonyl (C=O) groups excluding carboxylic acids is 3. The molecule has 2 fully saturated rings. The van der Waals surface area contributed by atoms with Crippen molar-refractivity contribution in [1.29, 1.82) is 0 Å². The van der Waals surface area contributed by atoms with Gasteiger partial charge in [0.2, 0.25) is 17.7 Å². The van der Waals surface area contributed by atoms with Gasteiger partial charge in [0.25, 0.3) is 0 Å². The second kappa shape index (κ2) is 8.00. The van der Waals surface area contributed by atoms with Gasteiger partial charge >= 0.3 is 0 Å². The van der Waals surface area contributed by atoms with E-state index in [0.29, 0.717) is 29.5 Å². The lowest BCUT2D eigenvalue weighted by Gasteiger charge is -2.26. The zero-order valence-corrected chi connectivity index (χ0v) is 14.6. The van der Waals surface area contributed by atoms with Gasteiger partial charge in [0.15, 0.2) is 5.17 Å². The molecule has 24 heavy (non-hydrogen) atoms. The number of carbonyl (C=O) groups is 3. The van der Waals surface area contributed by atoms with Crippen LogP contribution in [0.3, 0.4) is 0 Å². The van der Waals surface area contributed by atoms with Crippen LogP contribution in [0.5, 0.6) is 0 Å². The molecule has 8 heteroatoms. The first-order valence-electron chi connectivity index (χ1n) is 8.70. The van der Waals surface area contributed by atoms with Crippen molar-refractivity contribution in [3.05, 3.63) is 0 Å². The van der Waals surface area contributed by atoms with Crippen LogP contribution >= 0.6 is 11.8 Å². The Morgan fingerprint density at radius 3 is 2.92 bits per heavy atom. The van der Waals surface area contributed by atoms with E-state index in [0.717, 1.165) is 12.8 Å². The molecule has 2 atom stereocenters. The van der Waals surface area contributed by atoms with Crippen LogP contribution in [-0.4, -0.2) is 58.7 Å². The first kappa shape index (κ1) is 17.3. The quantitative estimate of drug-likeness (QED) is 0.780. The summed E-state index contributed by atoms with van der Waals surface area (Å²) in [5.74, 6) is -0.465. The SMILES string of the molecule is O=C1CN(C(=O)CCC(=O)NC2=N[C@@H]3CCCCC[C@@H]3S2)CCN1. The van der Waals surface area contributed by atoms with Crippen molar-refractivity contribution >= 4 is 34.7 Å². The summed E-state index contributed by atoms with van der Waals surface area (Å²) < 4.78 is 0. The number of hydrogen-bond acceptors (Lipinski definition) is 5. The van der Waals surface area contributed by atoms with Gasteiger partial charge in [-0.2, -0.15) is 0 Å². The van der Waals surface area contributed by atoms with Gasteiger partial charge in [0.1, 0.15) is 0 Å². The number of amides is 3. The molecule has 2 N–H and O–H groups in total. The standard InChI is InChI=1S/C16H24N4O3S/c21-13(6-7-15(23)20-9-8-17-14(22)10-20)19-16-18-11-4-2-1-3-5-12(11)24-16/h11-12H,1-10H2,(H,17,22)(H,18,19,21)/t11-,12+/m1/s1. The molecule has 0 bridgehead atoms. The monoisotopic (exact) mass is 352 g/mol. The van der Waals surface area contributed by atoms with Crippen LogP contribution in [0.4, 0.5) is 0 Å². The number of nitrogens with zero attached hydrogens (tertiary/aromatic N) is 2. The van der Waals surface area contributed by atoms with E-state index >= 15 is 0 Å². The third-order valence-electron chi connectivity index (χ3n) is 4.67. The number of thioether (sulfide) groups is 1. The molecule has 3 amide bonds. The maximum Gasteiger partial charge on any atom is 0.239 e. The normalized spacial score (nSPS) is 26.9. The maximum atomic E-state index is 12.1. The van der Waals surface area contributed by atoms with E-state index in [1.807, 2.05) is 0 Å². The Kier molecular flexibility index (Phi) is 5.76. The van der Waals surface area contributed by atoms with Crippen molar-refractivity contribution in [1.82, 2.24) is 15.5 Å². The van der Waals surface area contributed by atoms with E-state index in [9.17, 15) is 14.4 Å². The van der Waals surface area contributed by atoms with E-state index in [4.69, 9.17) is 0 Å². The summed E-state index contributed by atoms with van der Waals surface area (Å²) in [5, 5.41) is 6.73. The van der Waals surface area contributed by atoms with Crippen molar-refractivity contribution in [2.45, 2.75) is 56.2 Å². The van der Waals surface area contributed by atoms with Gasteiger partial charge in [-0.05, 0) is 12.8 Å². The molecule has 1 saturated heterocycles. The molecular weight excluding hydrogens is 328 g/mol. The second-order valence-corrected chi connectivity index (χ2v) is 7.74. The number of piperazine rings is 1. The fourth-order valence-electron chi connectivity index (χ4n) is 3.34. The summed E-state index contributed by atoms with van der Waals surface area (Å²) in [6.07, 6.45) is 6.25. The summed E-state index contributed by atoms with van der Waals surface area (Å²) in [6, 6.07) is 0.335. The van der Waals surface area contributed by atoms with E-state index < -0.39 is 0 Å². The van der Waals surface area contributed by atoms with Gasteiger partial charge in [-0.15, -0.1) is 0 Å². The molecule has 132 valence electrons. The number of hydrogen-bond donors (Lipinski definition) is 2. The van der Waals surface area contributed by atoms with E-state index in [2.05, 4.69) is 15.6 Å². The van der Waals surface area contributed by atoms with Crippen molar-refractivity contribution in [3.8, 4) is 0 Å². The smallest absolute Gasteiger partial charge is 0.239 e. The van der Waals surface area contributed by atoms with Gasteiger partial charge in [0, 0.05) is 31.2 Å². The molecular formula is C16H24N4O3S. The van der Waals surface area contributed by atoms with Crippen LogP contribution in [0.15, 0.2) is 4.99 Å². The minimum Gasteiger partial charge on any atom is -0.353 e. The largest absolute Gasteiger partial charge is 0.353 e. The predicted molar refractivity (Wildman–Crippen MR) is 92.7 cm³/mol. The number of aliphatic imine (C=N–C) groups is 1. The topological polar surface area (TPSA) is 90.9 Å². The Hall–Kier alpha value is -1.57. The minimum atomic E-state index is -0.174. The van der Waals surface area contributed by atoms with Crippen LogP contribution in [0, 0.1) is 0 Å². The third kappa shape index (κ3) is 4.49. The highest BCUT2D eigenvalue weighted by Gasteiger charge is 2.31. The molecule has 1 aliphatic carbocycles. The number of rotatable bonds is 3. The first-order chi connectivity index (χ1) is 11.6. The fourth-order valence-corrected chi connectivity index (χ4v) is 4.63. The lowest BCUT2D eigenvalue weighted by molar-refractivity contribution is -0.139. The average Bonchev–Trinajstić information content (AvgIpc) is 2.81. The van der Waals surface area contributed by atoms with E-state index in [-0.39, 0.29) is 37.1 Å². The van der Waals surface area contributed by atoms with Gasteiger partial charge in [-0.1, -0.05) is 31.0 Å². The van der Waals surface area contributed by atoms with Crippen LogP contribution in [0.1, 0.15) is 44.9 Å². The first-order valence-corrected chi connectivity index (χ1v) is 9.58. The Bertz CT molecular complexity index is 551. The molecule has 7 nitrogen and oxygen atoms in total. The third-order valence-corrected chi connectivity index (χ3v) is 5.95. The van der Waals surface area contributed by atoms with Crippen LogP contribution in [-0.2, 0) is 14.4 Å². The Balaban J connectivity index is 1.42. The van der Waals surface area contributed by atoms with Crippen molar-refractivity contribution in [2.75, 3.05) is 19.6 Å².